The highest BCUT2D eigenvalue weighted by Gasteiger charge is 2.57. The van der Waals surface area contributed by atoms with Crippen molar-refractivity contribution in [1.82, 2.24) is 9.80 Å². The highest BCUT2D eigenvalue weighted by Crippen LogP contribution is 2.54. The summed E-state index contributed by atoms with van der Waals surface area (Å²) in [5, 5.41) is 8.64. The van der Waals surface area contributed by atoms with Gasteiger partial charge in [-0.2, -0.15) is 5.26 Å². The predicted molar refractivity (Wildman–Crippen MR) is 104 cm³/mol. The number of esters is 1. The average Bonchev–Trinajstić information content (AvgIpc) is 3.25. The minimum Gasteiger partial charge on any atom is -0.451 e. The van der Waals surface area contributed by atoms with Crippen LogP contribution in [0.4, 0.5) is 0 Å². The largest absolute Gasteiger partial charge is 0.451 e. The molecule has 2 saturated heterocycles. The number of carbonyl (C=O) groups is 3. The summed E-state index contributed by atoms with van der Waals surface area (Å²) in [5.74, 6) is -0.558. The van der Waals surface area contributed by atoms with Crippen molar-refractivity contribution in [3.8, 4) is 6.07 Å². The Kier molecular flexibility index (Phi) is 5.94. The summed E-state index contributed by atoms with van der Waals surface area (Å²) in [6.07, 6.45) is 0.280. The molecule has 2 heterocycles. The first-order chi connectivity index (χ1) is 13.4. The van der Waals surface area contributed by atoms with Gasteiger partial charge in [0.1, 0.15) is 10.9 Å². The minimum absolute atomic E-state index is 0.0686. The van der Waals surface area contributed by atoms with E-state index in [1.54, 1.807) is 23.7 Å². The molecule has 1 aromatic rings. The van der Waals surface area contributed by atoms with Gasteiger partial charge < -0.3 is 14.5 Å². The first kappa shape index (κ1) is 20.2. The van der Waals surface area contributed by atoms with Crippen LogP contribution >= 0.6 is 11.8 Å². The molecule has 148 valence electrons. The topological polar surface area (TPSA) is 90.7 Å². The van der Waals surface area contributed by atoms with Crippen LogP contribution in [0.25, 0.3) is 0 Å². The molecule has 3 atom stereocenters. The molecule has 0 saturated carbocycles. The van der Waals surface area contributed by atoms with E-state index in [1.165, 1.54) is 11.8 Å². The van der Waals surface area contributed by atoms with Gasteiger partial charge in [-0.25, -0.2) is 4.79 Å². The van der Waals surface area contributed by atoms with Crippen LogP contribution in [0, 0.1) is 11.3 Å². The van der Waals surface area contributed by atoms with Crippen molar-refractivity contribution >= 4 is 29.5 Å². The Morgan fingerprint density at radius 1 is 1.43 bits per heavy atom. The van der Waals surface area contributed by atoms with Crippen LogP contribution in [0.5, 0.6) is 0 Å². The lowest BCUT2D eigenvalue weighted by atomic mass is 10.0. The molecule has 0 aromatic heterocycles. The average molecular weight is 401 g/mol. The van der Waals surface area contributed by atoms with Gasteiger partial charge in [-0.3, -0.25) is 9.59 Å². The third kappa shape index (κ3) is 3.59. The molecule has 2 amide bonds. The Hall–Kier alpha value is -2.53. The van der Waals surface area contributed by atoms with Gasteiger partial charge in [0, 0.05) is 25.8 Å². The number of benzene rings is 1. The number of hydrogen-bond donors (Lipinski definition) is 0. The second-order valence-corrected chi connectivity index (χ2v) is 8.29. The summed E-state index contributed by atoms with van der Waals surface area (Å²) < 4.78 is 5.41. The van der Waals surface area contributed by atoms with E-state index >= 15 is 0 Å². The number of carbonyl (C=O) groups excluding carboxylic acids is 3. The summed E-state index contributed by atoms with van der Waals surface area (Å²) in [6.45, 7) is 1.79. The van der Waals surface area contributed by atoms with E-state index in [1.807, 2.05) is 36.4 Å². The molecule has 8 heteroatoms. The summed E-state index contributed by atoms with van der Waals surface area (Å²) in [4.78, 5) is 40.2. The molecule has 0 radical (unpaired) electrons. The monoisotopic (exact) mass is 401 g/mol. The number of amides is 2. The fourth-order valence-electron chi connectivity index (χ4n) is 3.76. The van der Waals surface area contributed by atoms with Crippen LogP contribution < -0.4 is 0 Å². The number of fused-ring (bicyclic) bond motifs is 1. The predicted octanol–water partition coefficient (Wildman–Crippen LogP) is 1.88. The normalized spacial score (nSPS) is 24.4. The highest BCUT2D eigenvalue weighted by atomic mass is 32.2. The van der Waals surface area contributed by atoms with Crippen LogP contribution in [-0.2, 0) is 24.0 Å². The van der Waals surface area contributed by atoms with Gasteiger partial charge in [-0.05, 0) is 18.9 Å². The second kappa shape index (κ2) is 8.23. The Morgan fingerprint density at radius 3 is 2.82 bits per heavy atom. The molecule has 2 fully saturated rings. The van der Waals surface area contributed by atoms with Crippen LogP contribution in [-0.4, -0.2) is 59.1 Å². The second-order valence-electron chi connectivity index (χ2n) is 6.99. The zero-order valence-electron chi connectivity index (χ0n) is 16.0. The zero-order chi connectivity index (χ0) is 20.3. The Morgan fingerprint density at radius 2 is 2.14 bits per heavy atom. The fourth-order valence-corrected chi connectivity index (χ4v) is 5.39. The van der Waals surface area contributed by atoms with Gasteiger partial charge in [0.25, 0.3) is 5.91 Å². The molecule has 0 bridgehead atoms. The summed E-state index contributed by atoms with van der Waals surface area (Å²) in [7, 11) is 1.57. The lowest BCUT2D eigenvalue weighted by Gasteiger charge is -2.34. The number of rotatable bonds is 6. The molecular formula is C20H23N3O4S. The molecule has 3 rings (SSSR count). The lowest BCUT2D eigenvalue weighted by Crippen LogP contribution is -2.48. The summed E-state index contributed by atoms with van der Waals surface area (Å²) in [5.41, 5.74) is 1.00. The van der Waals surface area contributed by atoms with E-state index in [0.29, 0.717) is 18.6 Å². The Bertz CT molecular complexity index is 809. The molecule has 0 spiro atoms. The van der Waals surface area contributed by atoms with Gasteiger partial charge in [0.2, 0.25) is 5.91 Å². The van der Waals surface area contributed by atoms with Crippen molar-refractivity contribution in [3.05, 3.63) is 35.9 Å². The van der Waals surface area contributed by atoms with E-state index in [9.17, 15) is 14.4 Å². The molecule has 0 aliphatic carbocycles. The molecule has 0 N–H and O–H groups in total. The highest BCUT2D eigenvalue weighted by molar-refractivity contribution is 8.00. The summed E-state index contributed by atoms with van der Waals surface area (Å²) >= 11 is 1.58. The Labute approximate surface area is 168 Å². The maximum absolute atomic E-state index is 12.8. The number of nitriles is 1. The SMILES string of the molecule is C[C@@H](OC(=O)[C@@H]1CS[C@@]2(c3ccccc3)CCC(=O)N12)C(=O)N(C)CCC#N. The van der Waals surface area contributed by atoms with Crippen LogP contribution in [0.2, 0.25) is 0 Å². The molecular weight excluding hydrogens is 378 g/mol. The number of ether oxygens (including phenoxy) is 1. The van der Waals surface area contributed by atoms with Crippen molar-refractivity contribution in [2.75, 3.05) is 19.3 Å². The maximum atomic E-state index is 12.8. The number of likely N-dealkylation sites (N-methyl/N-ethyl adjacent to an activating group) is 1. The van der Waals surface area contributed by atoms with Crippen LogP contribution in [0.1, 0.15) is 31.7 Å². The van der Waals surface area contributed by atoms with Gasteiger partial charge in [-0.15, -0.1) is 11.8 Å². The third-order valence-corrected chi connectivity index (χ3v) is 6.80. The van der Waals surface area contributed by atoms with E-state index in [-0.39, 0.29) is 24.8 Å². The van der Waals surface area contributed by atoms with E-state index in [4.69, 9.17) is 10.00 Å². The maximum Gasteiger partial charge on any atom is 0.330 e. The van der Waals surface area contributed by atoms with E-state index in [0.717, 1.165) is 5.56 Å². The molecule has 1 aromatic carbocycles. The van der Waals surface area contributed by atoms with Crippen molar-refractivity contribution in [2.24, 2.45) is 0 Å². The smallest absolute Gasteiger partial charge is 0.330 e. The minimum atomic E-state index is -0.967. The first-order valence-electron chi connectivity index (χ1n) is 9.25. The molecule has 28 heavy (non-hydrogen) atoms. The number of thioether (sulfide) groups is 1. The molecule has 0 unspecified atom stereocenters. The standard InChI is InChI=1S/C20H23N3O4S/c1-14(18(25)22(2)12-6-11-21)27-19(26)16-13-28-20(10-9-17(24)23(16)20)15-7-4-3-5-8-15/h3-5,7-8,14,16H,6,9-10,12-13H2,1-2H3/t14-,16+,20-/m1/s1. The third-order valence-electron chi connectivity index (χ3n) is 5.20. The molecule has 2 aliphatic heterocycles. The van der Waals surface area contributed by atoms with E-state index < -0.39 is 23.0 Å². The fraction of sp³-hybridized carbons (Fsp3) is 0.500. The van der Waals surface area contributed by atoms with Gasteiger partial charge >= 0.3 is 5.97 Å². The van der Waals surface area contributed by atoms with Gasteiger partial charge in [-0.1, -0.05) is 30.3 Å². The molecule has 7 nitrogen and oxygen atoms in total. The molecule has 2 aliphatic rings. The van der Waals surface area contributed by atoms with Gasteiger partial charge in [0.15, 0.2) is 6.10 Å². The summed E-state index contributed by atoms with van der Waals surface area (Å²) in [6, 6.07) is 11.0. The van der Waals surface area contributed by atoms with Crippen molar-refractivity contribution < 1.29 is 19.1 Å². The van der Waals surface area contributed by atoms with Crippen molar-refractivity contribution in [2.45, 2.75) is 43.2 Å². The lowest BCUT2D eigenvalue weighted by molar-refractivity contribution is -0.164. The van der Waals surface area contributed by atoms with Crippen molar-refractivity contribution in [1.29, 1.82) is 5.26 Å². The quantitative estimate of drug-likeness (QED) is 0.676. The van der Waals surface area contributed by atoms with Crippen LogP contribution in [0.15, 0.2) is 30.3 Å². The van der Waals surface area contributed by atoms with Crippen molar-refractivity contribution in [3.63, 3.8) is 0 Å². The number of nitrogens with zero attached hydrogens (tertiary/aromatic N) is 3. The first-order valence-corrected chi connectivity index (χ1v) is 10.2. The van der Waals surface area contributed by atoms with Crippen LogP contribution in [0.3, 0.4) is 0 Å². The van der Waals surface area contributed by atoms with Gasteiger partial charge in [0.05, 0.1) is 12.5 Å². The zero-order valence-corrected chi connectivity index (χ0v) is 16.8. The Balaban J connectivity index is 1.72. The number of hydrogen-bond acceptors (Lipinski definition) is 6. The van der Waals surface area contributed by atoms with E-state index in [2.05, 4.69) is 0 Å².